The minimum absolute atomic E-state index is 0.00224. The summed E-state index contributed by atoms with van der Waals surface area (Å²) in [7, 11) is 0. The summed E-state index contributed by atoms with van der Waals surface area (Å²) in [4.78, 5) is 11.4. The number of hydrogen-bond acceptors (Lipinski definition) is 1. The number of rotatable bonds is 8. The third-order valence-corrected chi connectivity index (χ3v) is 2.67. The number of allylic oxidation sites excluding steroid dienone is 1. The first kappa shape index (κ1) is 16.3. The van der Waals surface area contributed by atoms with Crippen LogP contribution in [0.2, 0.25) is 0 Å². The Labute approximate surface area is 111 Å². The molecule has 1 atom stereocenters. The van der Waals surface area contributed by atoms with Crippen molar-refractivity contribution < 1.29 is 4.79 Å². The van der Waals surface area contributed by atoms with Crippen molar-refractivity contribution >= 4 is 5.91 Å². The Kier molecular flexibility index (Phi) is 10.7. The van der Waals surface area contributed by atoms with Gasteiger partial charge in [-0.05, 0) is 43.1 Å². The second-order valence-corrected chi connectivity index (χ2v) is 4.35. The SMILES string of the molecule is C#CC#CCCCC/C=C/C(=O)NCC(C)CC. The van der Waals surface area contributed by atoms with Gasteiger partial charge in [-0.2, -0.15) is 0 Å². The van der Waals surface area contributed by atoms with E-state index >= 15 is 0 Å². The van der Waals surface area contributed by atoms with E-state index in [0.29, 0.717) is 5.92 Å². The van der Waals surface area contributed by atoms with Gasteiger partial charge in [0.25, 0.3) is 0 Å². The second kappa shape index (κ2) is 11.8. The average Bonchev–Trinajstić information content (AvgIpc) is 2.39. The molecule has 0 spiro atoms. The number of amides is 1. The van der Waals surface area contributed by atoms with Gasteiger partial charge in [0.1, 0.15) is 0 Å². The molecule has 0 aliphatic carbocycles. The van der Waals surface area contributed by atoms with E-state index in [9.17, 15) is 4.79 Å². The molecule has 0 bridgehead atoms. The summed E-state index contributed by atoms with van der Waals surface area (Å²) in [5.74, 6) is 8.30. The molecule has 98 valence electrons. The fourth-order valence-electron chi connectivity index (χ4n) is 1.26. The molecule has 0 aromatic rings. The third kappa shape index (κ3) is 10.8. The minimum atomic E-state index is 0.00224. The number of carbonyl (C=O) groups is 1. The summed E-state index contributed by atoms with van der Waals surface area (Å²) in [6.07, 6.45) is 13.4. The molecule has 1 N–H and O–H groups in total. The largest absolute Gasteiger partial charge is 0.352 e. The number of terminal acetylenes is 1. The molecule has 0 rings (SSSR count). The highest BCUT2D eigenvalue weighted by Crippen LogP contribution is 2.00. The molecular formula is C16H23NO. The molecule has 0 aromatic heterocycles. The highest BCUT2D eigenvalue weighted by Gasteiger charge is 1.99. The van der Waals surface area contributed by atoms with Crippen LogP contribution in [0.25, 0.3) is 0 Å². The van der Waals surface area contributed by atoms with Crippen molar-refractivity contribution in [1.29, 1.82) is 0 Å². The molecule has 0 aromatic carbocycles. The van der Waals surface area contributed by atoms with Crippen LogP contribution in [0.4, 0.5) is 0 Å². The van der Waals surface area contributed by atoms with Gasteiger partial charge in [0, 0.05) is 13.0 Å². The van der Waals surface area contributed by atoms with Gasteiger partial charge in [0.15, 0.2) is 0 Å². The predicted molar refractivity (Wildman–Crippen MR) is 76.7 cm³/mol. The normalized spacial score (nSPS) is 11.4. The third-order valence-electron chi connectivity index (χ3n) is 2.67. The first-order valence-electron chi connectivity index (χ1n) is 6.58. The number of nitrogens with one attached hydrogen (secondary N) is 1. The van der Waals surface area contributed by atoms with Crippen LogP contribution in [-0.2, 0) is 4.79 Å². The summed E-state index contributed by atoms with van der Waals surface area (Å²) >= 11 is 0. The van der Waals surface area contributed by atoms with Crippen LogP contribution < -0.4 is 5.32 Å². The van der Waals surface area contributed by atoms with Crippen LogP contribution in [0.5, 0.6) is 0 Å². The van der Waals surface area contributed by atoms with Crippen molar-refractivity contribution in [3.05, 3.63) is 12.2 Å². The fraction of sp³-hybridized carbons (Fsp3) is 0.562. The van der Waals surface area contributed by atoms with Crippen molar-refractivity contribution in [2.45, 2.75) is 46.0 Å². The predicted octanol–water partition coefficient (Wildman–Crippen LogP) is 2.90. The van der Waals surface area contributed by atoms with E-state index in [1.165, 1.54) is 0 Å². The van der Waals surface area contributed by atoms with Crippen molar-refractivity contribution in [1.82, 2.24) is 5.32 Å². The molecule has 2 nitrogen and oxygen atoms in total. The topological polar surface area (TPSA) is 29.1 Å². The molecule has 0 saturated carbocycles. The molecule has 0 heterocycles. The van der Waals surface area contributed by atoms with Crippen molar-refractivity contribution in [3.63, 3.8) is 0 Å². The lowest BCUT2D eigenvalue weighted by Crippen LogP contribution is -2.26. The maximum atomic E-state index is 11.4. The Bertz CT molecular complexity index is 352. The zero-order valence-electron chi connectivity index (χ0n) is 11.5. The van der Waals surface area contributed by atoms with E-state index in [4.69, 9.17) is 6.42 Å². The summed E-state index contributed by atoms with van der Waals surface area (Å²) in [6, 6.07) is 0. The zero-order chi connectivity index (χ0) is 13.6. The monoisotopic (exact) mass is 245 g/mol. The molecule has 2 heteroatoms. The number of hydrogen-bond donors (Lipinski definition) is 1. The van der Waals surface area contributed by atoms with Gasteiger partial charge in [-0.3, -0.25) is 4.79 Å². The van der Waals surface area contributed by atoms with Gasteiger partial charge in [0.2, 0.25) is 5.91 Å². The Hall–Kier alpha value is -1.67. The van der Waals surface area contributed by atoms with Crippen LogP contribution in [0, 0.1) is 30.1 Å². The summed E-state index contributed by atoms with van der Waals surface area (Å²) in [5.41, 5.74) is 0. The Morgan fingerprint density at radius 2 is 2.22 bits per heavy atom. The van der Waals surface area contributed by atoms with Crippen LogP contribution >= 0.6 is 0 Å². The standard InChI is InChI=1S/C16H23NO/c1-4-6-7-8-9-10-11-12-13-16(18)17-14-15(3)5-2/h1,12-13,15H,5,8-11,14H2,2-3H3,(H,17,18)/b13-12+. The Balaban J connectivity index is 3.52. The average molecular weight is 245 g/mol. The van der Waals surface area contributed by atoms with Crippen molar-refractivity contribution in [2.24, 2.45) is 5.92 Å². The maximum Gasteiger partial charge on any atom is 0.243 e. The first-order chi connectivity index (χ1) is 8.70. The molecule has 0 saturated heterocycles. The van der Waals surface area contributed by atoms with Crippen molar-refractivity contribution in [3.8, 4) is 24.2 Å². The van der Waals surface area contributed by atoms with E-state index in [1.807, 2.05) is 6.08 Å². The molecule has 0 fully saturated rings. The molecule has 18 heavy (non-hydrogen) atoms. The fourth-order valence-corrected chi connectivity index (χ4v) is 1.26. The van der Waals surface area contributed by atoms with Crippen LogP contribution in [-0.4, -0.2) is 12.5 Å². The van der Waals surface area contributed by atoms with Gasteiger partial charge in [-0.1, -0.05) is 32.3 Å². The highest BCUT2D eigenvalue weighted by atomic mass is 16.1. The smallest absolute Gasteiger partial charge is 0.243 e. The van der Waals surface area contributed by atoms with E-state index in [0.717, 1.165) is 38.6 Å². The Morgan fingerprint density at radius 3 is 2.89 bits per heavy atom. The number of carbonyl (C=O) groups excluding carboxylic acids is 1. The van der Waals surface area contributed by atoms with E-state index < -0.39 is 0 Å². The molecule has 0 radical (unpaired) electrons. The lowest BCUT2D eigenvalue weighted by Gasteiger charge is -2.07. The summed E-state index contributed by atoms with van der Waals surface area (Å²) in [5, 5.41) is 2.88. The second-order valence-electron chi connectivity index (χ2n) is 4.35. The molecule has 0 aliphatic heterocycles. The minimum Gasteiger partial charge on any atom is -0.352 e. The van der Waals surface area contributed by atoms with Gasteiger partial charge in [-0.15, -0.1) is 6.42 Å². The maximum absolute atomic E-state index is 11.4. The first-order valence-corrected chi connectivity index (χ1v) is 6.58. The quantitative estimate of drug-likeness (QED) is 0.397. The van der Waals surface area contributed by atoms with Gasteiger partial charge in [0.05, 0.1) is 0 Å². The van der Waals surface area contributed by atoms with E-state index in [-0.39, 0.29) is 5.91 Å². The lowest BCUT2D eigenvalue weighted by molar-refractivity contribution is -0.116. The van der Waals surface area contributed by atoms with E-state index in [1.54, 1.807) is 6.08 Å². The summed E-state index contributed by atoms with van der Waals surface area (Å²) in [6.45, 7) is 5.00. The lowest BCUT2D eigenvalue weighted by atomic mass is 10.1. The molecular weight excluding hydrogens is 222 g/mol. The molecule has 0 aliphatic rings. The Morgan fingerprint density at radius 1 is 1.44 bits per heavy atom. The van der Waals surface area contributed by atoms with Gasteiger partial charge >= 0.3 is 0 Å². The number of unbranched alkanes of at least 4 members (excludes halogenated alkanes) is 3. The van der Waals surface area contributed by atoms with Gasteiger partial charge in [-0.25, -0.2) is 0 Å². The van der Waals surface area contributed by atoms with Crippen LogP contribution in [0.15, 0.2) is 12.2 Å². The highest BCUT2D eigenvalue weighted by molar-refractivity contribution is 5.87. The van der Waals surface area contributed by atoms with Crippen LogP contribution in [0.3, 0.4) is 0 Å². The van der Waals surface area contributed by atoms with Crippen LogP contribution in [0.1, 0.15) is 46.0 Å². The molecule has 1 unspecified atom stereocenters. The van der Waals surface area contributed by atoms with Crippen molar-refractivity contribution in [2.75, 3.05) is 6.54 Å². The summed E-state index contributed by atoms with van der Waals surface area (Å²) < 4.78 is 0. The molecule has 1 amide bonds. The van der Waals surface area contributed by atoms with E-state index in [2.05, 4.69) is 36.9 Å². The van der Waals surface area contributed by atoms with Gasteiger partial charge < -0.3 is 5.32 Å². The zero-order valence-corrected chi connectivity index (χ0v) is 11.5.